The number of alkyl halides is 3. The Morgan fingerprint density at radius 3 is 1.96 bits per heavy atom. The Kier molecular flexibility index (Phi) is 18.5. The fourth-order valence-corrected chi connectivity index (χ4v) is 5.11. The van der Waals surface area contributed by atoms with E-state index in [-0.39, 0.29) is 11.7 Å². The third-order valence-electron chi connectivity index (χ3n) is 7.57. The van der Waals surface area contributed by atoms with Gasteiger partial charge >= 0.3 is 6.36 Å². The summed E-state index contributed by atoms with van der Waals surface area (Å²) >= 11 is 0. The fraction of sp³-hybridized carbons (Fsp3) is 0.275. The number of rotatable bonds is 13. The predicted octanol–water partition coefficient (Wildman–Crippen LogP) is 8.81. The highest BCUT2D eigenvalue weighted by Crippen LogP contribution is 2.36. The molecule has 0 fully saturated rings. The summed E-state index contributed by atoms with van der Waals surface area (Å²) in [6.07, 6.45) is -0.114. The van der Waals surface area contributed by atoms with Crippen LogP contribution in [0.3, 0.4) is 0 Å². The molecule has 0 aliphatic heterocycles. The van der Waals surface area contributed by atoms with Crippen LogP contribution in [0.25, 0.3) is 22.3 Å². The SMILES string of the molecule is CCCC(c1ccc(C=O)cc1)C(C=O)c1ccc(OC(F)(F)F)cc1.CNCCC=O.CNc1ccc(-c2cc3ccccc3o2)cc1.CO. The van der Waals surface area contributed by atoms with Crippen molar-refractivity contribution in [3.63, 3.8) is 0 Å². The number of anilines is 1. The summed E-state index contributed by atoms with van der Waals surface area (Å²) in [5.41, 5.74) is 5.20. The molecule has 0 aliphatic rings. The number of carbonyl (C=O) groups is 3. The first-order chi connectivity index (χ1) is 24.7. The smallest absolute Gasteiger partial charge is 0.456 e. The molecule has 0 saturated heterocycles. The van der Waals surface area contributed by atoms with Crippen molar-refractivity contribution in [1.82, 2.24) is 5.32 Å². The third kappa shape index (κ3) is 13.9. The summed E-state index contributed by atoms with van der Waals surface area (Å²) in [5, 5.41) is 14.1. The normalized spacial score (nSPS) is 11.6. The van der Waals surface area contributed by atoms with Gasteiger partial charge in [-0.25, -0.2) is 0 Å². The average molecular weight is 707 g/mol. The summed E-state index contributed by atoms with van der Waals surface area (Å²) in [5.74, 6) is -0.0494. The van der Waals surface area contributed by atoms with Crippen molar-refractivity contribution in [3.8, 4) is 17.1 Å². The van der Waals surface area contributed by atoms with Crippen molar-refractivity contribution in [3.05, 3.63) is 120 Å². The van der Waals surface area contributed by atoms with E-state index in [9.17, 15) is 27.6 Å². The number of fused-ring (bicyclic) bond motifs is 1. The molecule has 5 rings (SSSR count). The molecule has 1 aromatic heterocycles. The molecule has 5 aromatic rings. The zero-order valence-electron chi connectivity index (χ0n) is 29.2. The maximum absolute atomic E-state index is 12.3. The summed E-state index contributed by atoms with van der Waals surface area (Å²) in [6.45, 7) is 2.79. The van der Waals surface area contributed by atoms with E-state index in [0.717, 1.165) is 78.9 Å². The van der Waals surface area contributed by atoms with E-state index in [1.165, 1.54) is 24.3 Å². The number of aliphatic hydroxyl groups excluding tert-OH is 1. The van der Waals surface area contributed by atoms with E-state index in [1.807, 2.05) is 63.5 Å². The molecular weight excluding hydrogens is 661 g/mol. The van der Waals surface area contributed by atoms with Gasteiger partial charge in [0, 0.05) is 55.2 Å². The van der Waals surface area contributed by atoms with E-state index >= 15 is 0 Å². The number of benzene rings is 4. The number of nitrogens with one attached hydrogen (secondary N) is 2. The van der Waals surface area contributed by atoms with E-state index in [0.29, 0.717) is 17.5 Å². The molecule has 51 heavy (non-hydrogen) atoms. The van der Waals surface area contributed by atoms with Crippen LogP contribution in [0.2, 0.25) is 0 Å². The van der Waals surface area contributed by atoms with Crippen LogP contribution >= 0.6 is 0 Å². The Labute approximate surface area is 296 Å². The van der Waals surface area contributed by atoms with Crippen LogP contribution < -0.4 is 15.4 Å². The van der Waals surface area contributed by atoms with Crippen LogP contribution in [0.15, 0.2) is 108 Å². The highest BCUT2D eigenvalue weighted by molar-refractivity contribution is 5.83. The maximum atomic E-state index is 12.3. The zero-order valence-corrected chi connectivity index (χ0v) is 29.2. The molecule has 272 valence electrons. The molecule has 0 amide bonds. The highest BCUT2D eigenvalue weighted by atomic mass is 19.4. The van der Waals surface area contributed by atoms with E-state index in [1.54, 1.807) is 12.1 Å². The summed E-state index contributed by atoms with van der Waals surface area (Å²) in [6, 6.07) is 30.7. The van der Waals surface area contributed by atoms with E-state index < -0.39 is 12.3 Å². The number of ether oxygens (including phenoxy) is 1. The first-order valence-corrected chi connectivity index (χ1v) is 16.3. The van der Waals surface area contributed by atoms with Gasteiger partial charge in [-0.15, -0.1) is 13.2 Å². The van der Waals surface area contributed by atoms with Crippen LogP contribution in [0.5, 0.6) is 5.75 Å². The van der Waals surface area contributed by atoms with Crippen LogP contribution in [0, 0.1) is 0 Å². The zero-order chi connectivity index (χ0) is 37.6. The number of hydrogen-bond acceptors (Lipinski definition) is 8. The van der Waals surface area contributed by atoms with Gasteiger partial charge in [-0.3, -0.25) is 4.79 Å². The fourth-order valence-electron chi connectivity index (χ4n) is 5.11. The van der Waals surface area contributed by atoms with Gasteiger partial charge < -0.3 is 34.5 Å². The van der Waals surface area contributed by atoms with E-state index in [2.05, 4.69) is 39.6 Å². The lowest BCUT2D eigenvalue weighted by Crippen LogP contribution is -2.17. The third-order valence-corrected chi connectivity index (χ3v) is 7.57. The molecule has 0 aliphatic carbocycles. The highest BCUT2D eigenvalue weighted by Gasteiger charge is 2.31. The first kappa shape index (κ1) is 41.9. The summed E-state index contributed by atoms with van der Waals surface area (Å²) < 4.78 is 46.5. The minimum atomic E-state index is -4.75. The van der Waals surface area contributed by atoms with Crippen molar-refractivity contribution in [1.29, 1.82) is 0 Å². The van der Waals surface area contributed by atoms with Crippen LogP contribution in [-0.2, 0) is 9.59 Å². The molecular formula is C40H45F3N2O6. The molecule has 1 heterocycles. The second-order valence-corrected chi connectivity index (χ2v) is 11.0. The minimum absolute atomic E-state index is 0.132. The van der Waals surface area contributed by atoms with E-state index in [4.69, 9.17) is 9.52 Å². The van der Waals surface area contributed by atoms with Gasteiger partial charge in [-0.1, -0.05) is 67.9 Å². The molecule has 11 heteroatoms. The number of carbonyl (C=O) groups excluding carboxylic acids is 3. The molecule has 2 unspecified atom stereocenters. The molecule has 0 radical (unpaired) electrons. The Hall–Kier alpha value is -5.26. The van der Waals surface area contributed by atoms with Gasteiger partial charge in [0.1, 0.15) is 36.0 Å². The molecule has 4 aromatic carbocycles. The number of aldehydes is 3. The van der Waals surface area contributed by atoms with Gasteiger partial charge in [-0.05, 0) is 79.0 Å². The maximum Gasteiger partial charge on any atom is 0.573 e. The Morgan fingerprint density at radius 2 is 1.47 bits per heavy atom. The Bertz CT molecular complexity index is 1690. The summed E-state index contributed by atoms with van der Waals surface area (Å²) in [7, 11) is 4.74. The predicted molar refractivity (Wildman–Crippen MR) is 195 cm³/mol. The largest absolute Gasteiger partial charge is 0.573 e. The number of furan rings is 1. The lowest BCUT2D eigenvalue weighted by molar-refractivity contribution is -0.274. The number of para-hydroxylation sites is 1. The number of hydrogen-bond donors (Lipinski definition) is 3. The average Bonchev–Trinajstić information content (AvgIpc) is 3.60. The van der Waals surface area contributed by atoms with Gasteiger partial charge in [0.05, 0.1) is 0 Å². The second kappa shape index (κ2) is 22.5. The molecule has 8 nitrogen and oxygen atoms in total. The molecule has 0 spiro atoms. The van der Waals surface area contributed by atoms with Crippen molar-refractivity contribution in [2.75, 3.05) is 33.1 Å². The summed E-state index contributed by atoms with van der Waals surface area (Å²) in [4.78, 5) is 32.1. The lowest BCUT2D eigenvalue weighted by atomic mass is 9.79. The monoisotopic (exact) mass is 706 g/mol. The molecule has 0 saturated carbocycles. The van der Waals surface area contributed by atoms with Crippen LogP contribution in [0.1, 0.15) is 59.5 Å². The Morgan fingerprint density at radius 1 is 0.843 bits per heavy atom. The van der Waals surface area contributed by atoms with Crippen LogP contribution in [0.4, 0.5) is 18.9 Å². The molecule has 3 N–H and O–H groups in total. The number of aliphatic hydroxyl groups is 1. The minimum Gasteiger partial charge on any atom is -0.456 e. The number of halogens is 3. The van der Waals surface area contributed by atoms with Crippen molar-refractivity contribution in [2.45, 2.75) is 44.4 Å². The molecule has 2 atom stereocenters. The quantitative estimate of drug-likeness (QED) is 0.0822. The Balaban J connectivity index is 0.000000307. The van der Waals surface area contributed by atoms with Gasteiger partial charge in [-0.2, -0.15) is 0 Å². The topological polar surface area (TPSA) is 118 Å². The van der Waals surface area contributed by atoms with Gasteiger partial charge in [0.15, 0.2) is 0 Å². The molecule has 0 bridgehead atoms. The van der Waals surface area contributed by atoms with Gasteiger partial charge in [0.2, 0.25) is 0 Å². The van der Waals surface area contributed by atoms with Gasteiger partial charge in [0.25, 0.3) is 0 Å². The van der Waals surface area contributed by atoms with Crippen molar-refractivity contribution >= 4 is 35.5 Å². The second-order valence-electron chi connectivity index (χ2n) is 11.0. The van der Waals surface area contributed by atoms with Crippen LogP contribution in [-0.4, -0.2) is 58.1 Å². The van der Waals surface area contributed by atoms with Crippen molar-refractivity contribution in [2.24, 2.45) is 0 Å². The van der Waals surface area contributed by atoms with Crippen molar-refractivity contribution < 1.29 is 41.8 Å². The lowest BCUT2D eigenvalue weighted by Gasteiger charge is -2.24. The standard InChI is InChI=1S/C20H19F3O3.C15H13NO.C4H9NO.CH4O/c1-2-3-18(15-6-4-14(12-24)5-7-15)19(13-25)16-8-10-17(11-9-16)26-20(21,22)23;1-16-13-8-6-11(7-9-13)15-10-12-4-2-3-5-14(12)17-15;1-5-3-2-4-6;1-2/h4-13,18-19H,2-3H2,1H3;2-10,16H,1H3;4-5H,2-3H2,1H3;2H,1H3. The first-order valence-electron chi connectivity index (χ1n) is 16.3.